The number of benzene rings is 2. The van der Waals surface area contributed by atoms with Gasteiger partial charge in [-0.25, -0.2) is 0 Å². The number of hydrogen-bond acceptors (Lipinski definition) is 1. The highest BCUT2D eigenvalue weighted by atomic mass is 35.5. The van der Waals surface area contributed by atoms with Crippen LogP contribution in [-0.4, -0.2) is 0 Å². The van der Waals surface area contributed by atoms with E-state index in [0.29, 0.717) is 11.6 Å². The number of nitrogens with two attached hydrogens (primary N) is 1. The Morgan fingerprint density at radius 3 is 2.19 bits per heavy atom. The molecule has 0 aliphatic carbocycles. The summed E-state index contributed by atoms with van der Waals surface area (Å²) in [5.41, 5.74) is 8.63. The quantitative estimate of drug-likeness (QED) is 0.854. The van der Waals surface area contributed by atoms with Gasteiger partial charge in [0.15, 0.2) is 0 Å². The lowest BCUT2D eigenvalue weighted by Crippen LogP contribution is -1.95. The van der Waals surface area contributed by atoms with Crippen LogP contribution in [0.1, 0.15) is 5.56 Å². The summed E-state index contributed by atoms with van der Waals surface area (Å²) in [4.78, 5) is 0. The summed E-state index contributed by atoms with van der Waals surface area (Å²) >= 11 is 12.0. The van der Waals surface area contributed by atoms with Gasteiger partial charge >= 0.3 is 0 Å². The van der Waals surface area contributed by atoms with E-state index in [1.165, 1.54) is 0 Å². The second kappa shape index (κ2) is 4.88. The van der Waals surface area contributed by atoms with Crippen molar-refractivity contribution >= 4 is 23.2 Å². The predicted molar refractivity (Wildman–Crippen MR) is 69.8 cm³/mol. The Bertz CT molecular complexity index is 492. The SMILES string of the molecule is NCc1ccc(-c2ccc(Cl)cc2)c(Cl)c1. The van der Waals surface area contributed by atoms with Gasteiger partial charge in [-0.3, -0.25) is 0 Å². The van der Waals surface area contributed by atoms with E-state index in [4.69, 9.17) is 28.9 Å². The molecule has 0 bridgehead atoms. The first-order valence-electron chi connectivity index (χ1n) is 4.95. The summed E-state index contributed by atoms with van der Waals surface area (Å²) in [6.07, 6.45) is 0. The van der Waals surface area contributed by atoms with Crippen LogP contribution in [0.25, 0.3) is 11.1 Å². The molecule has 16 heavy (non-hydrogen) atoms. The van der Waals surface area contributed by atoms with Gasteiger partial charge in [0.05, 0.1) is 0 Å². The van der Waals surface area contributed by atoms with Crippen LogP contribution >= 0.6 is 23.2 Å². The Kier molecular flexibility index (Phi) is 3.49. The smallest absolute Gasteiger partial charge is 0.0487 e. The molecular weight excluding hydrogens is 241 g/mol. The predicted octanol–water partition coefficient (Wildman–Crippen LogP) is 4.12. The van der Waals surface area contributed by atoms with Crippen LogP contribution in [0.3, 0.4) is 0 Å². The maximum Gasteiger partial charge on any atom is 0.0487 e. The van der Waals surface area contributed by atoms with Crippen molar-refractivity contribution in [2.75, 3.05) is 0 Å². The third-order valence-corrected chi connectivity index (χ3v) is 2.99. The molecule has 0 unspecified atom stereocenters. The van der Waals surface area contributed by atoms with Gasteiger partial charge in [-0.15, -0.1) is 0 Å². The van der Waals surface area contributed by atoms with Crippen LogP contribution in [0.5, 0.6) is 0 Å². The average Bonchev–Trinajstić information content (AvgIpc) is 2.30. The lowest BCUT2D eigenvalue weighted by atomic mass is 10.0. The van der Waals surface area contributed by atoms with Gasteiger partial charge in [-0.2, -0.15) is 0 Å². The summed E-state index contributed by atoms with van der Waals surface area (Å²) < 4.78 is 0. The molecule has 0 amide bonds. The second-order valence-corrected chi connectivity index (χ2v) is 4.37. The lowest BCUT2D eigenvalue weighted by molar-refractivity contribution is 1.07. The first-order chi connectivity index (χ1) is 7.70. The molecule has 2 aromatic rings. The summed E-state index contributed by atoms with van der Waals surface area (Å²) in [6, 6.07) is 13.5. The largest absolute Gasteiger partial charge is 0.326 e. The minimum Gasteiger partial charge on any atom is -0.326 e. The molecule has 0 saturated heterocycles. The molecule has 2 N–H and O–H groups in total. The van der Waals surface area contributed by atoms with Gasteiger partial charge in [0, 0.05) is 22.2 Å². The summed E-state index contributed by atoms with van der Waals surface area (Å²) in [6.45, 7) is 0.501. The van der Waals surface area contributed by atoms with E-state index < -0.39 is 0 Å². The molecule has 3 heteroatoms. The van der Waals surface area contributed by atoms with Crippen molar-refractivity contribution < 1.29 is 0 Å². The van der Waals surface area contributed by atoms with Crippen molar-refractivity contribution in [2.45, 2.75) is 6.54 Å². The molecule has 82 valence electrons. The highest BCUT2D eigenvalue weighted by molar-refractivity contribution is 6.33. The van der Waals surface area contributed by atoms with Gasteiger partial charge in [-0.05, 0) is 29.3 Å². The molecular formula is C13H11Cl2N. The van der Waals surface area contributed by atoms with Crippen molar-refractivity contribution in [3.8, 4) is 11.1 Å². The van der Waals surface area contributed by atoms with E-state index in [1.807, 2.05) is 42.5 Å². The van der Waals surface area contributed by atoms with Gasteiger partial charge in [-0.1, -0.05) is 47.5 Å². The normalized spacial score (nSPS) is 10.4. The molecule has 0 fully saturated rings. The Hall–Kier alpha value is -1.02. The maximum absolute atomic E-state index is 6.19. The van der Waals surface area contributed by atoms with E-state index in [9.17, 15) is 0 Å². The monoisotopic (exact) mass is 251 g/mol. The fraction of sp³-hybridized carbons (Fsp3) is 0.0769. The van der Waals surface area contributed by atoms with Crippen molar-refractivity contribution in [2.24, 2.45) is 5.73 Å². The van der Waals surface area contributed by atoms with Crippen molar-refractivity contribution in [1.29, 1.82) is 0 Å². The van der Waals surface area contributed by atoms with Crippen molar-refractivity contribution in [3.63, 3.8) is 0 Å². The topological polar surface area (TPSA) is 26.0 Å². The Morgan fingerprint density at radius 2 is 1.62 bits per heavy atom. The minimum atomic E-state index is 0.501. The van der Waals surface area contributed by atoms with Crippen LogP contribution in [0.15, 0.2) is 42.5 Å². The molecule has 0 spiro atoms. The number of halogens is 2. The standard InChI is InChI=1S/C13H11Cl2N/c14-11-4-2-10(3-5-11)12-6-1-9(8-16)7-13(12)15/h1-7H,8,16H2. The van der Waals surface area contributed by atoms with Gasteiger partial charge in [0.1, 0.15) is 0 Å². The highest BCUT2D eigenvalue weighted by Crippen LogP contribution is 2.29. The molecule has 2 rings (SSSR count). The van der Waals surface area contributed by atoms with Crippen LogP contribution in [-0.2, 0) is 6.54 Å². The van der Waals surface area contributed by atoms with E-state index in [1.54, 1.807) is 0 Å². The minimum absolute atomic E-state index is 0.501. The molecule has 2 aromatic carbocycles. The van der Waals surface area contributed by atoms with Gasteiger partial charge in [0.25, 0.3) is 0 Å². The molecule has 0 aromatic heterocycles. The van der Waals surface area contributed by atoms with Gasteiger partial charge in [0.2, 0.25) is 0 Å². The van der Waals surface area contributed by atoms with Crippen LogP contribution in [0.2, 0.25) is 10.0 Å². The average molecular weight is 252 g/mol. The van der Waals surface area contributed by atoms with Crippen LogP contribution in [0.4, 0.5) is 0 Å². The Balaban J connectivity index is 2.44. The maximum atomic E-state index is 6.19. The Labute approximate surface area is 105 Å². The fourth-order valence-corrected chi connectivity index (χ4v) is 1.99. The van der Waals surface area contributed by atoms with E-state index in [0.717, 1.165) is 21.7 Å². The zero-order valence-corrected chi connectivity index (χ0v) is 10.1. The van der Waals surface area contributed by atoms with E-state index in [-0.39, 0.29) is 0 Å². The Morgan fingerprint density at radius 1 is 0.938 bits per heavy atom. The first-order valence-corrected chi connectivity index (χ1v) is 5.71. The van der Waals surface area contributed by atoms with E-state index >= 15 is 0 Å². The summed E-state index contributed by atoms with van der Waals surface area (Å²) in [5.74, 6) is 0. The molecule has 0 aliphatic heterocycles. The summed E-state index contributed by atoms with van der Waals surface area (Å²) in [5, 5.41) is 1.43. The zero-order chi connectivity index (χ0) is 11.5. The highest BCUT2D eigenvalue weighted by Gasteiger charge is 2.03. The van der Waals surface area contributed by atoms with Crippen LogP contribution in [0, 0.1) is 0 Å². The number of hydrogen-bond donors (Lipinski definition) is 1. The first kappa shape index (κ1) is 11.5. The molecule has 0 heterocycles. The molecule has 0 saturated carbocycles. The number of rotatable bonds is 2. The van der Waals surface area contributed by atoms with Crippen LogP contribution < -0.4 is 5.73 Å². The molecule has 0 radical (unpaired) electrons. The fourth-order valence-electron chi connectivity index (χ4n) is 1.55. The lowest BCUT2D eigenvalue weighted by Gasteiger charge is -2.06. The van der Waals surface area contributed by atoms with E-state index in [2.05, 4.69) is 0 Å². The molecule has 0 aliphatic rings. The zero-order valence-electron chi connectivity index (χ0n) is 8.58. The third-order valence-electron chi connectivity index (χ3n) is 2.42. The third kappa shape index (κ3) is 2.38. The molecule has 0 atom stereocenters. The molecule has 1 nitrogen and oxygen atoms in total. The van der Waals surface area contributed by atoms with Crippen molar-refractivity contribution in [1.82, 2.24) is 0 Å². The second-order valence-electron chi connectivity index (χ2n) is 3.53. The van der Waals surface area contributed by atoms with Crippen molar-refractivity contribution in [3.05, 3.63) is 58.1 Å². The summed E-state index contributed by atoms with van der Waals surface area (Å²) in [7, 11) is 0. The van der Waals surface area contributed by atoms with Gasteiger partial charge < -0.3 is 5.73 Å².